The monoisotopic (exact) mass is 240 g/mol. The normalized spacial score (nSPS) is 10.1. The number of pyridine rings is 1. The summed E-state index contributed by atoms with van der Waals surface area (Å²) in [5, 5.41) is 0. The first-order valence-electron chi connectivity index (χ1n) is 5.80. The van der Waals surface area contributed by atoms with Crippen LogP contribution in [0, 0.1) is 6.92 Å². The van der Waals surface area contributed by atoms with Crippen molar-refractivity contribution < 1.29 is 4.74 Å². The summed E-state index contributed by atoms with van der Waals surface area (Å²) in [5.41, 5.74) is 8.42. The highest BCUT2D eigenvalue weighted by atomic mass is 16.5. The van der Waals surface area contributed by atoms with E-state index >= 15 is 0 Å². The summed E-state index contributed by atoms with van der Waals surface area (Å²) >= 11 is 0. The van der Waals surface area contributed by atoms with E-state index in [0.29, 0.717) is 12.3 Å². The summed E-state index contributed by atoms with van der Waals surface area (Å²) in [7, 11) is 0. The van der Waals surface area contributed by atoms with Gasteiger partial charge in [-0.3, -0.25) is 0 Å². The van der Waals surface area contributed by atoms with E-state index in [9.17, 15) is 0 Å². The van der Waals surface area contributed by atoms with Gasteiger partial charge in [0.15, 0.2) is 0 Å². The Bertz CT molecular complexity index is 564. The zero-order chi connectivity index (χ0) is 13.0. The maximum Gasteiger partial charge on any atom is 0.219 e. The molecule has 0 bridgehead atoms. The summed E-state index contributed by atoms with van der Waals surface area (Å²) in [6.45, 7) is 5.67. The van der Waals surface area contributed by atoms with Crippen molar-refractivity contribution >= 4 is 5.69 Å². The summed E-state index contributed by atoms with van der Waals surface area (Å²) in [6.07, 6.45) is 2.54. The van der Waals surface area contributed by atoms with Gasteiger partial charge in [0, 0.05) is 23.0 Å². The lowest BCUT2D eigenvalue weighted by atomic mass is 10.1. The third kappa shape index (κ3) is 2.88. The lowest BCUT2D eigenvalue weighted by Crippen LogP contribution is -1.95. The molecule has 0 atom stereocenters. The fourth-order valence-corrected chi connectivity index (χ4v) is 1.70. The number of benzene rings is 1. The highest BCUT2D eigenvalue weighted by Crippen LogP contribution is 2.26. The summed E-state index contributed by atoms with van der Waals surface area (Å²) < 4.78 is 5.78. The van der Waals surface area contributed by atoms with Crippen LogP contribution >= 0.6 is 0 Å². The molecule has 2 aromatic rings. The lowest BCUT2D eigenvalue weighted by Gasteiger charge is -2.10. The number of anilines is 1. The van der Waals surface area contributed by atoms with Crippen molar-refractivity contribution in [3.63, 3.8) is 0 Å². The van der Waals surface area contributed by atoms with Gasteiger partial charge in [-0.25, -0.2) is 4.98 Å². The van der Waals surface area contributed by atoms with Gasteiger partial charge in [0.05, 0.1) is 0 Å². The molecule has 0 radical (unpaired) electrons. The Morgan fingerprint density at radius 2 is 2.17 bits per heavy atom. The van der Waals surface area contributed by atoms with Crippen molar-refractivity contribution in [2.45, 2.75) is 13.3 Å². The predicted octanol–water partition coefficient (Wildman–Crippen LogP) is 3.49. The van der Waals surface area contributed by atoms with E-state index < -0.39 is 0 Å². The summed E-state index contributed by atoms with van der Waals surface area (Å²) in [5.74, 6) is 1.35. The fourth-order valence-electron chi connectivity index (χ4n) is 1.70. The molecule has 0 aliphatic heterocycles. The average molecular weight is 240 g/mol. The molecule has 0 aliphatic rings. The molecule has 92 valence electrons. The molecular formula is C15H16N2O. The highest BCUT2D eigenvalue weighted by Gasteiger charge is 2.05. The van der Waals surface area contributed by atoms with E-state index in [0.717, 1.165) is 22.7 Å². The molecule has 0 saturated carbocycles. The van der Waals surface area contributed by atoms with Gasteiger partial charge in [-0.2, -0.15) is 0 Å². The van der Waals surface area contributed by atoms with Crippen LogP contribution < -0.4 is 10.5 Å². The number of allylic oxidation sites excluding steroid dienone is 1. The van der Waals surface area contributed by atoms with Gasteiger partial charge in [0.25, 0.3) is 0 Å². The number of rotatable bonds is 4. The molecular weight excluding hydrogens is 224 g/mol. The quantitative estimate of drug-likeness (QED) is 0.657. The molecule has 2 N–H and O–H groups in total. The molecule has 1 heterocycles. The van der Waals surface area contributed by atoms with Crippen LogP contribution in [0.15, 0.2) is 49.1 Å². The Labute approximate surface area is 107 Å². The van der Waals surface area contributed by atoms with Gasteiger partial charge in [0.1, 0.15) is 5.75 Å². The van der Waals surface area contributed by atoms with Gasteiger partial charge < -0.3 is 10.5 Å². The standard InChI is InChI=1S/C15H16N2O/c1-3-5-12-10-13(16)8-9-14(12)18-15-7-4-6-11(2)17-15/h3-4,6-10H,1,5,16H2,2H3. The summed E-state index contributed by atoms with van der Waals surface area (Å²) in [4.78, 5) is 4.31. The van der Waals surface area contributed by atoms with E-state index in [1.54, 1.807) is 0 Å². The van der Waals surface area contributed by atoms with Crippen LogP contribution in [0.1, 0.15) is 11.3 Å². The van der Waals surface area contributed by atoms with E-state index in [2.05, 4.69) is 11.6 Å². The van der Waals surface area contributed by atoms with Crippen LogP contribution in [-0.2, 0) is 6.42 Å². The molecule has 0 amide bonds. The minimum absolute atomic E-state index is 0.588. The van der Waals surface area contributed by atoms with Crippen molar-refractivity contribution in [2.24, 2.45) is 0 Å². The zero-order valence-electron chi connectivity index (χ0n) is 10.4. The van der Waals surface area contributed by atoms with Gasteiger partial charge in [-0.15, -0.1) is 6.58 Å². The molecule has 18 heavy (non-hydrogen) atoms. The van der Waals surface area contributed by atoms with Crippen LogP contribution in [0.4, 0.5) is 5.69 Å². The maximum atomic E-state index is 5.78. The second-order valence-electron chi connectivity index (χ2n) is 4.08. The lowest BCUT2D eigenvalue weighted by molar-refractivity contribution is 0.457. The third-order valence-corrected chi connectivity index (χ3v) is 2.53. The van der Waals surface area contributed by atoms with E-state index in [4.69, 9.17) is 10.5 Å². The number of nitrogens with zero attached hydrogens (tertiary/aromatic N) is 1. The Kier molecular flexibility index (Phi) is 3.63. The fraction of sp³-hybridized carbons (Fsp3) is 0.133. The SMILES string of the molecule is C=CCc1cc(N)ccc1Oc1cccc(C)n1. The molecule has 0 saturated heterocycles. The molecule has 0 unspecified atom stereocenters. The number of hydrogen-bond donors (Lipinski definition) is 1. The number of aryl methyl sites for hydroxylation is 1. The van der Waals surface area contributed by atoms with Crippen molar-refractivity contribution in [1.82, 2.24) is 4.98 Å². The number of hydrogen-bond acceptors (Lipinski definition) is 3. The van der Waals surface area contributed by atoms with E-state index in [1.807, 2.05) is 49.4 Å². The largest absolute Gasteiger partial charge is 0.439 e. The predicted molar refractivity (Wildman–Crippen MR) is 73.8 cm³/mol. The number of aromatic nitrogens is 1. The minimum Gasteiger partial charge on any atom is -0.439 e. The Hall–Kier alpha value is -2.29. The molecule has 1 aromatic heterocycles. The first kappa shape index (κ1) is 12.2. The zero-order valence-corrected chi connectivity index (χ0v) is 10.4. The first-order chi connectivity index (χ1) is 8.69. The Morgan fingerprint density at radius 3 is 2.89 bits per heavy atom. The van der Waals surface area contributed by atoms with Crippen LogP contribution in [0.5, 0.6) is 11.6 Å². The number of ether oxygens (including phenoxy) is 1. The topological polar surface area (TPSA) is 48.1 Å². The minimum atomic E-state index is 0.588. The summed E-state index contributed by atoms with van der Waals surface area (Å²) in [6, 6.07) is 11.3. The number of nitrogen functional groups attached to an aromatic ring is 1. The Morgan fingerprint density at radius 1 is 1.33 bits per heavy atom. The molecule has 0 fully saturated rings. The van der Waals surface area contributed by atoms with E-state index in [1.165, 1.54) is 0 Å². The van der Waals surface area contributed by atoms with Crippen LogP contribution in [0.2, 0.25) is 0 Å². The molecule has 0 spiro atoms. The number of nitrogens with two attached hydrogens (primary N) is 1. The maximum absolute atomic E-state index is 5.78. The molecule has 2 rings (SSSR count). The molecule has 0 aliphatic carbocycles. The van der Waals surface area contributed by atoms with Crippen LogP contribution in [0.25, 0.3) is 0 Å². The molecule has 1 aromatic carbocycles. The molecule has 3 nitrogen and oxygen atoms in total. The highest BCUT2D eigenvalue weighted by molar-refractivity contribution is 5.49. The first-order valence-corrected chi connectivity index (χ1v) is 5.80. The van der Waals surface area contributed by atoms with Crippen molar-refractivity contribution in [3.05, 3.63) is 60.3 Å². The third-order valence-electron chi connectivity index (χ3n) is 2.53. The average Bonchev–Trinajstić information content (AvgIpc) is 2.33. The second-order valence-corrected chi connectivity index (χ2v) is 4.08. The van der Waals surface area contributed by atoms with Crippen molar-refractivity contribution in [3.8, 4) is 11.6 Å². The second kappa shape index (κ2) is 5.36. The Balaban J connectivity index is 2.30. The smallest absolute Gasteiger partial charge is 0.219 e. The van der Waals surface area contributed by atoms with Crippen molar-refractivity contribution in [2.75, 3.05) is 5.73 Å². The van der Waals surface area contributed by atoms with Gasteiger partial charge in [-0.1, -0.05) is 12.1 Å². The van der Waals surface area contributed by atoms with Crippen molar-refractivity contribution in [1.29, 1.82) is 0 Å². The van der Waals surface area contributed by atoms with Gasteiger partial charge in [-0.05, 0) is 37.6 Å². The molecule has 3 heteroatoms. The van der Waals surface area contributed by atoms with Crippen LogP contribution in [-0.4, -0.2) is 4.98 Å². The van der Waals surface area contributed by atoms with E-state index in [-0.39, 0.29) is 0 Å². The van der Waals surface area contributed by atoms with Crippen LogP contribution in [0.3, 0.4) is 0 Å². The van der Waals surface area contributed by atoms with Gasteiger partial charge >= 0.3 is 0 Å². The van der Waals surface area contributed by atoms with Gasteiger partial charge in [0.2, 0.25) is 5.88 Å².